The maximum absolute atomic E-state index is 14.0. The van der Waals surface area contributed by atoms with Gasteiger partial charge in [0.1, 0.15) is 6.10 Å². The summed E-state index contributed by atoms with van der Waals surface area (Å²) in [4.78, 5) is 0. The number of para-hydroxylation sites is 1. The molecule has 2 N–H and O–H groups in total. The number of hydrogen-bond donors (Lipinski definition) is 2. The molecule has 2 aliphatic carbocycles. The van der Waals surface area contributed by atoms with Crippen LogP contribution in [-0.4, -0.2) is 23.4 Å². The Bertz CT molecular complexity index is 462. The zero-order chi connectivity index (χ0) is 13.9. The standard InChI is InChI=1S/C16H22FNO2/c17-13-5-3-4-11(10-18-12-8-9-12)16(13)20-15-7-2-1-6-14(15)19/h3-5,12,14-15,18-19H,1-2,6-10H2. The summed E-state index contributed by atoms with van der Waals surface area (Å²) in [7, 11) is 0. The normalized spacial score (nSPS) is 26.5. The quantitative estimate of drug-likeness (QED) is 0.871. The van der Waals surface area contributed by atoms with E-state index in [1.807, 2.05) is 6.07 Å². The highest BCUT2D eigenvalue weighted by atomic mass is 19.1. The lowest BCUT2D eigenvalue weighted by Gasteiger charge is -2.29. The zero-order valence-corrected chi connectivity index (χ0v) is 11.6. The van der Waals surface area contributed by atoms with Crippen LogP contribution in [0.25, 0.3) is 0 Å². The van der Waals surface area contributed by atoms with Crippen LogP contribution in [0.1, 0.15) is 44.1 Å². The van der Waals surface area contributed by atoms with Crippen molar-refractivity contribution in [2.75, 3.05) is 0 Å². The van der Waals surface area contributed by atoms with Crippen molar-refractivity contribution in [2.45, 2.75) is 63.3 Å². The molecule has 0 saturated heterocycles. The highest BCUT2D eigenvalue weighted by molar-refractivity contribution is 5.35. The van der Waals surface area contributed by atoms with Gasteiger partial charge in [-0.1, -0.05) is 18.6 Å². The second kappa shape index (κ2) is 6.10. The molecule has 2 fully saturated rings. The number of aliphatic hydroxyl groups is 1. The fraction of sp³-hybridized carbons (Fsp3) is 0.625. The van der Waals surface area contributed by atoms with Crippen molar-refractivity contribution in [2.24, 2.45) is 0 Å². The minimum atomic E-state index is -0.479. The van der Waals surface area contributed by atoms with E-state index in [1.54, 1.807) is 6.07 Å². The summed E-state index contributed by atoms with van der Waals surface area (Å²) in [5.74, 6) is -0.0236. The predicted molar refractivity (Wildman–Crippen MR) is 75.2 cm³/mol. The highest BCUT2D eigenvalue weighted by Crippen LogP contribution is 2.29. The molecular formula is C16H22FNO2. The minimum Gasteiger partial charge on any atom is -0.484 e. The average molecular weight is 279 g/mol. The monoisotopic (exact) mass is 279 g/mol. The molecule has 0 aliphatic heterocycles. The Morgan fingerprint density at radius 1 is 1.20 bits per heavy atom. The summed E-state index contributed by atoms with van der Waals surface area (Å²) in [6, 6.07) is 5.60. The van der Waals surface area contributed by atoms with E-state index in [1.165, 1.54) is 18.9 Å². The molecule has 3 rings (SSSR count). The largest absolute Gasteiger partial charge is 0.484 e. The van der Waals surface area contributed by atoms with Gasteiger partial charge in [-0.2, -0.15) is 0 Å². The van der Waals surface area contributed by atoms with Gasteiger partial charge in [-0.3, -0.25) is 0 Å². The van der Waals surface area contributed by atoms with E-state index in [2.05, 4.69) is 5.32 Å². The van der Waals surface area contributed by atoms with Crippen LogP contribution in [0.4, 0.5) is 4.39 Å². The third-order valence-electron chi connectivity index (χ3n) is 4.14. The van der Waals surface area contributed by atoms with Gasteiger partial charge in [0.2, 0.25) is 0 Å². The molecule has 0 heterocycles. The molecule has 3 nitrogen and oxygen atoms in total. The van der Waals surface area contributed by atoms with Crippen molar-refractivity contribution in [3.05, 3.63) is 29.6 Å². The molecule has 0 radical (unpaired) electrons. The first-order valence-electron chi connectivity index (χ1n) is 7.59. The van der Waals surface area contributed by atoms with E-state index >= 15 is 0 Å². The summed E-state index contributed by atoms with van der Waals surface area (Å²) in [5, 5.41) is 13.4. The van der Waals surface area contributed by atoms with Gasteiger partial charge in [0, 0.05) is 18.2 Å². The number of benzene rings is 1. The molecule has 110 valence electrons. The number of aliphatic hydroxyl groups excluding tert-OH is 1. The molecular weight excluding hydrogens is 257 g/mol. The SMILES string of the molecule is OC1CCCCC1Oc1c(F)cccc1CNC1CC1. The fourth-order valence-electron chi connectivity index (χ4n) is 2.73. The van der Waals surface area contributed by atoms with Gasteiger partial charge in [-0.05, 0) is 38.2 Å². The van der Waals surface area contributed by atoms with E-state index < -0.39 is 6.10 Å². The summed E-state index contributed by atoms with van der Waals surface area (Å²) < 4.78 is 19.9. The van der Waals surface area contributed by atoms with Crippen molar-refractivity contribution in [3.63, 3.8) is 0 Å². The lowest BCUT2D eigenvalue weighted by Crippen LogP contribution is -2.35. The van der Waals surface area contributed by atoms with Gasteiger partial charge in [0.25, 0.3) is 0 Å². The van der Waals surface area contributed by atoms with E-state index in [0.717, 1.165) is 31.2 Å². The molecule has 4 heteroatoms. The first-order valence-corrected chi connectivity index (χ1v) is 7.59. The molecule has 2 saturated carbocycles. The Morgan fingerprint density at radius 2 is 2.00 bits per heavy atom. The van der Waals surface area contributed by atoms with Gasteiger partial charge >= 0.3 is 0 Å². The highest BCUT2D eigenvalue weighted by Gasteiger charge is 2.27. The second-order valence-corrected chi connectivity index (χ2v) is 5.89. The third kappa shape index (κ3) is 3.30. The van der Waals surface area contributed by atoms with Crippen molar-refractivity contribution in [1.82, 2.24) is 5.32 Å². The van der Waals surface area contributed by atoms with Crippen molar-refractivity contribution in [1.29, 1.82) is 0 Å². The van der Waals surface area contributed by atoms with E-state index in [9.17, 15) is 9.50 Å². The maximum Gasteiger partial charge on any atom is 0.165 e. The first kappa shape index (κ1) is 13.8. The van der Waals surface area contributed by atoms with Crippen molar-refractivity contribution in [3.8, 4) is 5.75 Å². The summed E-state index contributed by atoms with van der Waals surface area (Å²) in [6.45, 7) is 0.626. The number of hydrogen-bond acceptors (Lipinski definition) is 3. The van der Waals surface area contributed by atoms with Crippen LogP contribution in [0.2, 0.25) is 0 Å². The summed E-state index contributed by atoms with van der Waals surface area (Å²) >= 11 is 0. The second-order valence-electron chi connectivity index (χ2n) is 5.89. The van der Waals surface area contributed by atoms with E-state index in [-0.39, 0.29) is 11.9 Å². The molecule has 0 bridgehead atoms. The van der Waals surface area contributed by atoms with Crippen LogP contribution in [-0.2, 0) is 6.54 Å². The van der Waals surface area contributed by atoms with Crippen LogP contribution in [0.15, 0.2) is 18.2 Å². The van der Waals surface area contributed by atoms with E-state index in [4.69, 9.17) is 4.74 Å². The van der Waals surface area contributed by atoms with Crippen molar-refractivity contribution < 1.29 is 14.2 Å². The number of ether oxygens (including phenoxy) is 1. The fourth-order valence-corrected chi connectivity index (χ4v) is 2.73. The number of halogens is 1. The smallest absolute Gasteiger partial charge is 0.165 e. The molecule has 1 aromatic rings. The Kier molecular flexibility index (Phi) is 4.22. The molecule has 0 spiro atoms. The molecule has 1 aromatic carbocycles. The summed E-state index contributed by atoms with van der Waals surface area (Å²) in [5.41, 5.74) is 0.842. The van der Waals surface area contributed by atoms with Crippen LogP contribution < -0.4 is 10.1 Å². The van der Waals surface area contributed by atoms with Gasteiger partial charge in [0.15, 0.2) is 11.6 Å². The Morgan fingerprint density at radius 3 is 2.75 bits per heavy atom. The van der Waals surface area contributed by atoms with Crippen LogP contribution in [0.5, 0.6) is 5.75 Å². The average Bonchev–Trinajstić information content (AvgIpc) is 3.26. The van der Waals surface area contributed by atoms with Gasteiger partial charge in [-0.25, -0.2) is 4.39 Å². The molecule has 2 unspecified atom stereocenters. The first-order chi connectivity index (χ1) is 9.74. The maximum atomic E-state index is 14.0. The zero-order valence-electron chi connectivity index (χ0n) is 11.6. The van der Waals surface area contributed by atoms with Gasteiger partial charge in [-0.15, -0.1) is 0 Å². The Balaban J connectivity index is 1.72. The van der Waals surface area contributed by atoms with Gasteiger partial charge < -0.3 is 15.2 Å². The Hall–Kier alpha value is -1.13. The number of nitrogens with one attached hydrogen (secondary N) is 1. The minimum absolute atomic E-state index is 0.277. The summed E-state index contributed by atoms with van der Waals surface area (Å²) in [6.07, 6.45) is 5.24. The van der Waals surface area contributed by atoms with Crippen LogP contribution >= 0.6 is 0 Å². The molecule has 2 atom stereocenters. The lowest BCUT2D eigenvalue weighted by molar-refractivity contribution is 0.00444. The molecule has 20 heavy (non-hydrogen) atoms. The lowest BCUT2D eigenvalue weighted by atomic mass is 9.95. The van der Waals surface area contributed by atoms with Crippen LogP contribution in [0.3, 0.4) is 0 Å². The molecule has 2 aliphatic rings. The molecule has 0 amide bonds. The molecule has 0 aromatic heterocycles. The van der Waals surface area contributed by atoms with E-state index in [0.29, 0.717) is 18.3 Å². The number of rotatable bonds is 5. The Labute approximate surface area is 119 Å². The van der Waals surface area contributed by atoms with Crippen molar-refractivity contribution >= 4 is 0 Å². The van der Waals surface area contributed by atoms with Crippen LogP contribution in [0, 0.1) is 5.82 Å². The predicted octanol–water partition coefficient (Wildman–Crippen LogP) is 2.76. The third-order valence-corrected chi connectivity index (χ3v) is 4.14. The van der Waals surface area contributed by atoms with Gasteiger partial charge in [0.05, 0.1) is 6.10 Å². The topological polar surface area (TPSA) is 41.5 Å².